The van der Waals surface area contributed by atoms with E-state index in [0.717, 1.165) is 5.69 Å². The second kappa shape index (κ2) is 6.89. The summed E-state index contributed by atoms with van der Waals surface area (Å²) in [5, 5.41) is 0. The van der Waals surface area contributed by atoms with Crippen LogP contribution in [-0.2, 0) is 0 Å². The molecule has 0 saturated carbocycles. The Morgan fingerprint density at radius 1 is 1.50 bits per heavy atom. The molecule has 10 heavy (non-hydrogen) atoms. The van der Waals surface area contributed by atoms with Gasteiger partial charge in [0, 0.05) is 6.20 Å². The van der Waals surface area contributed by atoms with E-state index in [9.17, 15) is 0 Å². The van der Waals surface area contributed by atoms with Crippen molar-refractivity contribution in [3.8, 4) is 0 Å². The van der Waals surface area contributed by atoms with Gasteiger partial charge in [0.2, 0.25) is 0 Å². The van der Waals surface area contributed by atoms with Gasteiger partial charge in [-0.2, -0.15) is 0 Å². The molecule has 0 bridgehead atoms. The maximum Gasteiger partial charge on any atom is 1.00 e. The quantitative estimate of drug-likeness (QED) is 0.331. The molecule has 3 nitrogen and oxygen atoms in total. The van der Waals surface area contributed by atoms with E-state index >= 15 is 0 Å². The molecule has 4 heteroatoms. The molecule has 0 aliphatic heterocycles. The van der Waals surface area contributed by atoms with Crippen LogP contribution < -0.4 is 29.6 Å². The van der Waals surface area contributed by atoms with Crippen molar-refractivity contribution in [2.75, 3.05) is 0 Å². The van der Waals surface area contributed by atoms with E-state index < -0.39 is 0 Å². The molecule has 1 aromatic heterocycles. The molecule has 0 unspecified atom stereocenters. The van der Waals surface area contributed by atoms with Crippen LogP contribution in [0, 0.1) is 6.58 Å². The molecule has 0 saturated heterocycles. The summed E-state index contributed by atoms with van der Waals surface area (Å²) in [6, 6.07) is 1.74. The summed E-state index contributed by atoms with van der Waals surface area (Å²) < 4.78 is 0. The van der Waals surface area contributed by atoms with Crippen LogP contribution in [0.5, 0.6) is 0 Å². The molecule has 0 atom stereocenters. The minimum atomic E-state index is 0. The molecule has 0 spiro atoms. The maximum absolute atomic E-state index is 5.13. The summed E-state index contributed by atoms with van der Waals surface area (Å²) in [5.41, 5.74) is 0.750. The first-order chi connectivity index (χ1) is 3.93. The van der Waals surface area contributed by atoms with Crippen molar-refractivity contribution in [1.29, 1.82) is 0 Å². The van der Waals surface area contributed by atoms with Crippen LogP contribution in [0.15, 0.2) is 18.6 Å². The van der Waals surface area contributed by atoms with Gasteiger partial charge in [0.1, 0.15) is 0 Å². The van der Waals surface area contributed by atoms with Crippen LogP contribution in [0.1, 0.15) is 5.69 Å². The van der Waals surface area contributed by atoms with Crippen LogP contribution >= 0.6 is 0 Å². The van der Waals surface area contributed by atoms with Gasteiger partial charge in [0.15, 0.2) is 0 Å². The van der Waals surface area contributed by atoms with E-state index in [1.165, 1.54) is 12.4 Å². The average Bonchev–Trinajstić information content (AvgIpc) is 1.90. The number of rotatable bonds is 1. The van der Waals surface area contributed by atoms with Gasteiger partial charge in [0.05, 0.1) is 6.33 Å². The molecule has 1 N–H and O–H groups in total. The first-order valence-corrected chi connectivity index (χ1v) is 2.24. The van der Waals surface area contributed by atoms with Crippen LogP contribution in [-0.4, -0.2) is 15.4 Å². The van der Waals surface area contributed by atoms with Gasteiger partial charge < -0.3 is 10.5 Å². The van der Waals surface area contributed by atoms with Gasteiger partial charge in [0.25, 0.3) is 0 Å². The normalized spacial score (nSPS) is 6.80. The Labute approximate surface area is 81.8 Å². The van der Waals surface area contributed by atoms with Crippen molar-refractivity contribution < 1.29 is 35.0 Å². The molecule has 1 rings (SSSR count). The second-order valence-corrected chi connectivity index (χ2v) is 1.30. The zero-order valence-corrected chi connectivity index (χ0v) is 7.73. The van der Waals surface area contributed by atoms with Crippen LogP contribution in [0.4, 0.5) is 0 Å². The van der Waals surface area contributed by atoms with Gasteiger partial charge in [-0.15, -0.1) is 6.07 Å². The predicted molar refractivity (Wildman–Crippen MR) is 32.7 cm³/mol. The first-order valence-electron chi connectivity index (χ1n) is 2.24. The summed E-state index contributed by atoms with van der Waals surface area (Å²) >= 11 is 0. The SMILES string of the molecule is [CH-]=Cc1ccncn1.[Na+].[OH-]. The number of nitrogens with zero attached hydrogens (tertiary/aromatic N) is 2. The topological polar surface area (TPSA) is 55.8 Å². The molecule has 0 aromatic carbocycles. The van der Waals surface area contributed by atoms with E-state index in [1.807, 2.05) is 0 Å². The second-order valence-electron chi connectivity index (χ2n) is 1.30. The number of hydrogen-bond acceptors (Lipinski definition) is 3. The Balaban J connectivity index is 0. The summed E-state index contributed by atoms with van der Waals surface area (Å²) in [6.07, 6.45) is 4.53. The monoisotopic (exact) mass is 145 g/mol. The minimum Gasteiger partial charge on any atom is -0.870 e. The molecule has 1 heterocycles. The van der Waals surface area contributed by atoms with Gasteiger partial charge >= 0.3 is 29.6 Å². The third kappa shape index (κ3) is 3.74. The van der Waals surface area contributed by atoms with Crippen molar-refractivity contribution in [1.82, 2.24) is 9.97 Å². The van der Waals surface area contributed by atoms with Crippen LogP contribution in [0.3, 0.4) is 0 Å². The third-order valence-electron chi connectivity index (χ3n) is 0.776. The fourth-order valence-corrected chi connectivity index (χ4v) is 0.400. The van der Waals surface area contributed by atoms with E-state index in [0.29, 0.717) is 0 Å². The molecule has 0 aliphatic carbocycles. The van der Waals surface area contributed by atoms with Crippen molar-refractivity contribution in [2.45, 2.75) is 0 Å². The maximum atomic E-state index is 5.13. The summed E-state index contributed by atoms with van der Waals surface area (Å²) in [4.78, 5) is 7.51. The molecular weight excluding hydrogens is 139 g/mol. The van der Waals surface area contributed by atoms with E-state index in [2.05, 4.69) is 9.97 Å². The Morgan fingerprint density at radius 3 is 2.50 bits per heavy atom. The summed E-state index contributed by atoms with van der Waals surface area (Å²) in [6.45, 7) is 5.13. The Bertz CT molecular complexity index is 178. The van der Waals surface area contributed by atoms with Crippen LogP contribution in [0.25, 0.3) is 6.08 Å². The average molecular weight is 145 g/mol. The molecule has 0 amide bonds. The number of aromatic nitrogens is 2. The Kier molecular flexibility index (Phi) is 8.59. The van der Waals surface area contributed by atoms with Gasteiger partial charge in [-0.1, -0.05) is 5.69 Å². The molecule has 0 fully saturated rings. The predicted octanol–water partition coefficient (Wildman–Crippen LogP) is -2.25. The van der Waals surface area contributed by atoms with E-state index in [4.69, 9.17) is 6.58 Å². The largest absolute Gasteiger partial charge is 1.00 e. The smallest absolute Gasteiger partial charge is 0.870 e. The molecule has 0 radical (unpaired) electrons. The first kappa shape index (κ1) is 12.5. The molecule has 48 valence electrons. The van der Waals surface area contributed by atoms with Crippen molar-refractivity contribution in [3.05, 3.63) is 30.9 Å². The summed E-state index contributed by atoms with van der Waals surface area (Å²) in [5.74, 6) is 0. The summed E-state index contributed by atoms with van der Waals surface area (Å²) in [7, 11) is 0. The van der Waals surface area contributed by atoms with Crippen molar-refractivity contribution in [3.63, 3.8) is 0 Å². The molecule has 0 aliphatic rings. The van der Waals surface area contributed by atoms with Crippen molar-refractivity contribution in [2.24, 2.45) is 0 Å². The van der Waals surface area contributed by atoms with Gasteiger partial charge in [-0.05, 0) is 0 Å². The van der Waals surface area contributed by atoms with E-state index in [-0.39, 0.29) is 35.0 Å². The Morgan fingerprint density at radius 2 is 2.20 bits per heavy atom. The molecular formula is C6H6N2NaO-. The van der Waals surface area contributed by atoms with Gasteiger partial charge in [-0.3, -0.25) is 6.58 Å². The number of hydrogen-bond donors (Lipinski definition) is 0. The standard InChI is InChI=1S/C6H5N2.Na.H2O/c1-2-6-3-4-7-5-8-6;;/h1-5H;;1H2/q-1;+1;/p-1. The minimum absolute atomic E-state index is 0. The Hall–Kier alpha value is -0.220. The van der Waals surface area contributed by atoms with Crippen molar-refractivity contribution >= 4 is 6.08 Å². The van der Waals surface area contributed by atoms with Crippen LogP contribution in [0.2, 0.25) is 0 Å². The van der Waals surface area contributed by atoms with E-state index in [1.54, 1.807) is 12.3 Å². The third-order valence-corrected chi connectivity index (χ3v) is 0.776. The molecule has 1 aromatic rings. The fourth-order valence-electron chi connectivity index (χ4n) is 0.400. The fraction of sp³-hybridized carbons (Fsp3) is 0. The zero-order valence-electron chi connectivity index (χ0n) is 5.73. The zero-order chi connectivity index (χ0) is 5.82. The van der Waals surface area contributed by atoms with Gasteiger partial charge in [-0.25, -0.2) is 11.1 Å².